The average molecular weight is 507 g/mol. The van der Waals surface area contributed by atoms with Crippen LogP contribution in [0.1, 0.15) is 57.6 Å². The minimum atomic E-state index is -0.444. The van der Waals surface area contributed by atoms with E-state index in [0.29, 0.717) is 35.2 Å². The van der Waals surface area contributed by atoms with Crippen LogP contribution in [0, 0.1) is 11.2 Å². The third-order valence-corrected chi connectivity index (χ3v) is 6.16. The summed E-state index contributed by atoms with van der Waals surface area (Å²) in [5.41, 5.74) is 7.43. The van der Waals surface area contributed by atoms with Crippen molar-refractivity contribution in [3.05, 3.63) is 71.5 Å². The fourth-order valence-electron chi connectivity index (χ4n) is 4.43. The van der Waals surface area contributed by atoms with Crippen LogP contribution in [-0.4, -0.2) is 29.6 Å². The van der Waals surface area contributed by atoms with Crippen LogP contribution in [0.4, 0.5) is 15.9 Å². The minimum Gasteiger partial charge on any atom is -0.494 e. The smallest absolute Gasteiger partial charge is 0.215 e. The van der Waals surface area contributed by atoms with E-state index < -0.39 is 5.82 Å². The van der Waals surface area contributed by atoms with E-state index in [4.69, 9.17) is 30.3 Å². The second kappa shape index (κ2) is 12.0. The number of rotatable bonds is 11. The molecule has 0 bridgehead atoms. The molecule has 37 heavy (non-hydrogen) atoms. The van der Waals surface area contributed by atoms with E-state index in [0.717, 1.165) is 31.4 Å². The zero-order valence-electron chi connectivity index (χ0n) is 21.7. The van der Waals surface area contributed by atoms with Gasteiger partial charge in [0.15, 0.2) is 11.6 Å². The predicted molar refractivity (Wildman–Crippen MR) is 144 cm³/mol. The number of anilines is 2. The van der Waals surface area contributed by atoms with Crippen molar-refractivity contribution in [3.8, 4) is 17.4 Å². The number of ether oxygens (including phenoxy) is 3. The molecule has 2 aromatic carbocycles. The lowest BCUT2D eigenvalue weighted by Crippen LogP contribution is -2.20. The first-order valence-electron chi connectivity index (χ1n) is 12.8. The molecule has 0 spiro atoms. The van der Waals surface area contributed by atoms with Gasteiger partial charge in [0.05, 0.1) is 19.3 Å². The quantitative estimate of drug-likeness (QED) is 0.232. The fourth-order valence-corrected chi connectivity index (χ4v) is 4.43. The molecular formula is C29H35FN4O3. The molecule has 1 aliphatic rings. The molecule has 1 heterocycles. The number of nitrogens with two attached hydrogens (primary N) is 1. The maximum absolute atomic E-state index is 15.7. The van der Waals surface area contributed by atoms with Crippen molar-refractivity contribution in [2.45, 2.75) is 65.2 Å². The molecule has 3 aromatic rings. The Balaban J connectivity index is 1.74. The monoisotopic (exact) mass is 506 g/mol. The number of amidine groups is 1. The lowest BCUT2D eigenvalue weighted by Gasteiger charge is -2.26. The molecule has 1 saturated carbocycles. The summed E-state index contributed by atoms with van der Waals surface area (Å²) in [5.74, 6) is 1.37. The zero-order valence-corrected chi connectivity index (χ0v) is 21.7. The van der Waals surface area contributed by atoms with Crippen LogP contribution in [-0.2, 0) is 6.54 Å². The van der Waals surface area contributed by atoms with Crippen LogP contribution in [0.15, 0.2) is 54.6 Å². The molecule has 1 aromatic heterocycles. The second-order valence-electron chi connectivity index (χ2n) is 9.40. The summed E-state index contributed by atoms with van der Waals surface area (Å²) in [5, 5.41) is 7.72. The van der Waals surface area contributed by atoms with E-state index in [9.17, 15) is 0 Å². The molecule has 0 unspecified atom stereocenters. The Hall–Kier alpha value is -3.81. The van der Waals surface area contributed by atoms with E-state index in [2.05, 4.69) is 0 Å². The summed E-state index contributed by atoms with van der Waals surface area (Å²) >= 11 is 0. The summed E-state index contributed by atoms with van der Waals surface area (Å²) < 4.78 is 33.3. The number of halogens is 1. The summed E-state index contributed by atoms with van der Waals surface area (Å²) in [4.78, 5) is 6.68. The van der Waals surface area contributed by atoms with Crippen LogP contribution in [0.2, 0.25) is 0 Å². The van der Waals surface area contributed by atoms with Crippen LogP contribution in [0.5, 0.6) is 17.4 Å². The highest BCUT2D eigenvalue weighted by Gasteiger charge is 2.21. The molecule has 3 N–H and O–H groups in total. The van der Waals surface area contributed by atoms with Crippen LogP contribution in [0.3, 0.4) is 0 Å². The number of pyridine rings is 1. The molecule has 0 aliphatic heterocycles. The minimum absolute atomic E-state index is 0.0193. The molecule has 7 nitrogen and oxygen atoms in total. The predicted octanol–water partition coefficient (Wildman–Crippen LogP) is 6.35. The van der Waals surface area contributed by atoms with Gasteiger partial charge in [0.2, 0.25) is 5.88 Å². The van der Waals surface area contributed by atoms with Crippen LogP contribution >= 0.6 is 0 Å². The summed E-state index contributed by atoms with van der Waals surface area (Å²) in [6, 6.07) is 16.1. The van der Waals surface area contributed by atoms with Crippen molar-refractivity contribution in [1.82, 2.24) is 4.98 Å². The highest BCUT2D eigenvalue weighted by atomic mass is 19.1. The summed E-state index contributed by atoms with van der Waals surface area (Å²) in [6.07, 6.45) is 4.35. The van der Waals surface area contributed by atoms with Gasteiger partial charge in [0.25, 0.3) is 0 Å². The van der Waals surface area contributed by atoms with Crippen molar-refractivity contribution in [3.63, 3.8) is 0 Å². The van der Waals surface area contributed by atoms with E-state index in [1.165, 1.54) is 0 Å². The van der Waals surface area contributed by atoms with Crippen LogP contribution < -0.4 is 24.8 Å². The molecule has 1 aliphatic carbocycles. The van der Waals surface area contributed by atoms with Crippen molar-refractivity contribution in [1.29, 1.82) is 5.41 Å². The number of hydrogen-bond acceptors (Lipinski definition) is 6. The van der Waals surface area contributed by atoms with Gasteiger partial charge in [0.1, 0.15) is 23.5 Å². The second-order valence-corrected chi connectivity index (χ2v) is 9.40. The molecule has 8 heteroatoms. The van der Waals surface area contributed by atoms with E-state index in [-0.39, 0.29) is 30.3 Å². The SMILES string of the molecule is CCOc1cc(CN(c2ccc(C(=N)N)cc2)c2cccc(OC3CCCC3)n2)c(F)c(OC(C)C)c1. The standard InChI is InChI=1S/C29H35FN4O3/c1-4-35-24-16-21(28(30)25(17-24)36-19(2)3)18-34(22-14-12-20(13-15-22)29(31)32)26-10-7-11-27(33-26)37-23-8-5-6-9-23/h7,10-17,19,23H,4-6,8-9,18H2,1-3H3,(H3,31,32). The van der Waals surface area contributed by atoms with Crippen molar-refractivity contribution in [2.24, 2.45) is 5.73 Å². The Labute approximate surface area is 217 Å². The van der Waals surface area contributed by atoms with Gasteiger partial charge in [-0.25, -0.2) is 4.39 Å². The average Bonchev–Trinajstić information content (AvgIpc) is 3.38. The first-order chi connectivity index (χ1) is 17.8. The highest BCUT2D eigenvalue weighted by molar-refractivity contribution is 5.95. The third kappa shape index (κ3) is 6.70. The molecule has 0 saturated heterocycles. The third-order valence-electron chi connectivity index (χ3n) is 6.16. The van der Waals surface area contributed by atoms with Gasteiger partial charge < -0.3 is 24.8 Å². The van der Waals surface area contributed by atoms with Gasteiger partial charge >= 0.3 is 0 Å². The molecule has 4 rings (SSSR count). The fraction of sp³-hybridized carbons (Fsp3) is 0.379. The van der Waals surface area contributed by atoms with Gasteiger partial charge in [-0.2, -0.15) is 4.98 Å². The number of benzene rings is 2. The highest BCUT2D eigenvalue weighted by Crippen LogP contribution is 2.34. The van der Waals surface area contributed by atoms with Gasteiger partial charge in [-0.1, -0.05) is 6.07 Å². The lowest BCUT2D eigenvalue weighted by molar-refractivity contribution is 0.201. The molecule has 1 fully saturated rings. The van der Waals surface area contributed by atoms with Gasteiger partial charge in [-0.3, -0.25) is 5.41 Å². The van der Waals surface area contributed by atoms with E-state index in [1.54, 1.807) is 24.3 Å². The van der Waals surface area contributed by atoms with Crippen LogP contribution in [0.25, 0.3) is 0 Å². The van der Waals surface area contributed by atoms with E-state index in [1.807, 2.05) is 56.0 Å². The van der Waals surface area contributed by atoms with Gasteiger partial charge in [-0.15, -0.1) is 0 Å². The number of aromatic nitrogens is 1. The number of nitrogens with one attached hydrogen (secondary N) is 1. The van der Waals surface area contributed by atoms with Crippen molar-refractivity contribution in [2.75, 3.05) is 11.5 Å². The zero-order chi connectivity index (χ0) is 26.4. The number of hydrogen-bond donors (Lipinski definition) is 2. The Kier molecular flexibility index (Phi) is 8.48. The Morgan fingerprint density at radius 2 is 1.86 bits per heavy atom. The lowest BCUT2D eigenvalue weighted by atomic mass is 10.1. The summed E-state index contributed by atoms with van der Waals surface area (Å²) in [7, 11) is 0. The topological polar surface area (TPSA) is 93.7 Å². The Morgan fingerprint density at radius 1 is 1.14 bits per heavy atom. The molecule has 0 atom stereocenters. The number of nitrogens with zero attached hydrogens (tertiary/aromatic N) is 2. The molecule has 0 amide bonds. The normalized spacial score (nSPS) is 13.5. The number of nitrogen functional groups attached to an aromatic ring is 1. The van der Waals surface area contributed by atoms with Crippen molar-refractivity contribution >= 4 is 17.3 Å². The maximum atomic E-state index is 15.7. The van der Waals surface area contributed by atoms with Gasteiger partial charge in [0, 0.05) is 28.9 Å². The summed E-state index contributed by atoms with van der Waals surface area (Å²) in [6.45, 7) is 6.21. The van der Waals surface area contributed by atoms with Gasteiger partial charge in [-0.05, 0) is 82.9 Å². The molecule has 196 valence electrons. The molecular weight excluding hydrogens is 471 g/mol. The first kappa shape index (κ1) is 26.3. The van der Waals surface area contributed by atoms with Crippen molar-refractivity contribution < 1.29 is 18.6 Å². The van der Waals surface area contributed by atoms with E-state index >= 15 is 4.39 Å². The Morgan fingerprint density at radius 3 is 2.51 bits per heavy atom. The first-order valence-corrected chi connectivity index (χ1v) is 12.8. The largest absolute Gasteiger partial charge is 0.494 e. The molecule has 0 radical (unpaired) electrons. The Bertz CT molecular complexity index is 1210. The maximum Gasteiger partial charge on any atom is 0.215 e.